The van der Waals surface area contributed by atoms with Crippen molar-refractivity contribution in [3.8, 4) is 0 Å². The Morgan fingerprint density at radius 1 is 0.425 bits per heavy atom. The van der Waals surface area contributed by atoms with Crippen LogP contribution in [-0.2, 0) is 38.9 Å². The van der Waals surface area contributed by atoms with Gasteiger partial charge in [0.25, 0.3) is 0 Å². The zero-order valence-electron chi connectivity index (χ0n) is 45.6. The molecule has 7 heterocycles. The minimum atomic E-state index is 0.215. The van der Waals surface area contributed by atoms with Crippen molar-refractivity contribution in [3.05, 3.63) is 272 Å². The molecule has 0 amide bonds. The van der Waals surface area contributed by atoms with Crippen molar-refractivity contribution >= 4 is 22.4 Å². The quantitative estimate of drug-likeness (QED) is 0.0833. The summed E-state index contributed by atoms with van der Waals surface area (Å²) in [5, 5.41) is 28.0. The number of likely N-dealkylation sites (tertiary alicyclic amines) is 3. The first-order valence-corrected chi connectivity index (χ1v) is 29.5. The Labute approximate surface area is 475 Å². The minimum Gasteiger partial charge on any atom is -0.297 e. The molecule has 3 saturated heterocycles. The molecule has 4 unspecified atom stereocenters. The highest BCUT2D eigenvalue weighted by molar-refractivity contribution is 6.30. The number of halogens is 1. The summed E-state index contributed by atoms with van der Waals surface area (Å²) in [5.41, 5.74) is 18.2. The molecule has 10 aromatic rings. The van der Waals surface area contributed by atoms with Crippen LogP contribution in [0.4, 0.5) is 0 Å². The van der Waals surface area contributed by atoms with E-state index in [2.05, 4.69) is 209 Å². The molecule has 11 heteroatoms. The van der Waals surface area contributed by atoms with E-state index < -0.39 is 0 Å². The molecule has 0 radical (unpaired) electrons. The number of aromatic nitrogens is 7. The molecule has 80 heavy (non-hydrogen) atoms. The maximum absolute atomic E-state index is 6.41. The van der Waals surface area contributed by atoms with Gasteiger partial charge in [-0.2, -0.15) is 15.3 Å². The average molecular weight is 1080 g/mol. The number of aromatic amines is 3. The van der Waals surface area contributed by atoms with Gasteiger partial charge in [-0.25, -0.2) is 0 Å². The third-order valence-corrected chi connectivity index (χ3v) is 18.1. The maximum Gasteiger partial charge on any atom is 0.0543 e. The number of piperidine rings is 3. The van der Waals surface area contributed by atoms with Crippen molar-refractivity contribution in [2.75, 3.05) is 26.2 Å². The highest BCUT2D eigenvalue weighted by atomic mass is 35.5. The Balaban J connectivity index is 0.739. The minimum absolute atomic E-state index is 0.215. The van der Waals surface area contributed by atoms with Crippen molar-refractivity contribution in [2.24, 2.45) is 0 Å². The predicted molar refractivity (Wildman–Crippen MR) is 321 cm³/mol. The molecule has 4 atom stereocenters. The zero-order valence-corrected chi connectivity index (χ0v) is 46.4. The first-order valence-electron chi connectivity index (χ1n) is 29.1. The SMILES string of the molecule is Clc1ccc(CN2CCC(c3[nH]ncc3Cc3cccc(C4CC(c5[nH]ncc5Cc5ccccc5)CCN4Cc4ccc5ccccc5c4)c3)CC2c2cccc(Cc3cn[nH]c3C3CCN(Cc4ccccn4)CC3)c2)cc1. The van der Waals surface area contributed by atoms with Crippen molar-refractivity contribution in [3.63, 3.8) is 0 Å². The molecule has 0 spiro atoms. The molecule has 0 aliphatic carbocycles. The zero-order chi connectivity index (χ0) is 53.6. The molecule has 3 fully saturated rings. The smallest absolute Gasteiger partial charge is 0.0543 e. The maximum atomic E-state index is 6.41. The number of rotatable bonds is 17. The molecule has 13 rings (SSSR count). The summed E-state index contributed by atoms with van der Waals surface area (Å²) >= 11 is 6.41. The van der Waals surface area contributed by atoms with E-state index in [0.29, 0.717) is 17.8 Å². The molecule has 3 aliphatic heterocycles. The molecule has 10 nitrogen and oxygen atoms in total. The number of pyridine rings is 1. The first-order chi connectivity index (χ1) is 39.5. The van der Waals surface area contributed by atoms with Gasteiger partial charge in [0.1, 0.15) is 0 Å². The number of fused-ring (bicyclic) bond motifs is 1. The summed E-state index contributed by atoms with van der Waals surface area (Å²) in [7, 11) is 0. The van der Waals surface area contributed by atoms with Gasteiger partial charge in [-0.1, -0.05) is 145 Å². The van der Waals surface area contributed by atoms with Crippen LogP contribution in [0.2, 0.25) is 5.02 Å². The number of H-pyrrole nitrogens is 3. The molecule has 6 aromatic carbocycles. The molecule has 0 bridgehead atoms. The van der Waals surface area contributed by atoms with E-state index >= 15 is 0 Å². The third kappa shape index (κ3) is 12.0. The Morgan fingerprint density at radius 3 is 1.54 bits per heavy atom. The standard InChI is InChI=1S/C69H71ClN10/c70-63-23-20-49(21-24-63)45-79-32-27-59(40-65(79)56-16-8-12-50(35-56)37-61-43-72-75-67(61)54-25-30-78(31-26-54)47-64-18-6-7-29-71-64)69-62(44-74-77-69)38-51-13-9-17-57(36-51)66-41-58(68-60(42-73-76-68)34-48-10-2-1-3-11-48)28-33-80(66)46-52-19-22-53-14-4-5-15-55(53)39-52/h1-24,29,35-36,39,42-44,54,58-59,65-66H,25-28,30-34,37-38,40-41,45-47H2,(H,72,75)(H,73,76)(H,74,77). The van der Waals surface area contributed by atoms with Gasteiger partial charge in [0, 0.05) is 97.0 Å². The third-order valence-electron chi connectivity index (χ3n) is 17.8. The second kappa shape index (κ2) is 24.1. The van der Waals surface area contributed by atoms with Crippen LogP contribution in [0, 0.1) is 0 Å². The van der Waals surface area contributed by atoms with Crippen LogP contribution >= 0.6 is 11.6 Å². The summed E-state index contributed by atoms with van der Waals surface area (Å²) < 4.78 is 0. The van der Waals surface area contributed by atoms with Crippen LogP contribution in [0.25, 0.3) is 10.8 Å². The summed E-state index contributed by atoms with van der Waals surface area (Å²) in [5.74, 6) is 1.17. The van der Waals surface area contributed by atoms with Gasteiger partial charge in [0.15, 0.2) is 0 Å². The number of hydrogen-bond acceptors (Lipinski definition) is 7. The van der Waals surface area contributed by atoms with Gasteiger partial charge in [-0.05, 0) is 161 Å². The van der Waals surface area contributed by atoms with Gasteiger partial charge < -0.3 is 0 Å². The fourth-order valence-corrected chi connectivity index (χ4v) is 13.8. The lowest BCUT2D eigenvalue weighted by molar-refractivity contribution is 0.125. The van der Waals surface area contributed by atoms with E-state index in [1.54, 1.807) is 0 Å². The van der Waals surface area contributed by atoms with Crippen molar-refractivity contribution in [1.29, 1.82) is 0 Å². The number of benzene rings is 6. The second-order valence-electron chi connectivity index (χ2n) is 23.0. The topological polar surface area (TPSA) is 109 Å². The Kier molecular flexibility index (Phi) is 15.6. The Bertz CT molecular complexity index is 3620. The van der Waals surface area contributed by atoms with E-state index in [1.165, 1.54) is 83.5 Å². The van der Waals surface area contributed by atoms with E-state index in [4.69, 9.17) is 16.7 Å². The first kappa shape index (κ1) is 51.9. The second-order valence-corrected chi connectivity index (χ2v) is 23.5. The highest BCUT2D eigenvalue weighted by Gasteiger charge is 2.35. The van der Waals surface area contributed by atoms with Crippen molar-refractivity contribution < 1.29 is 0 Å². The lowest BCUT2D eigenvalue weighted by atomic mass is 9.81. The molecule has 3 aliphatic rings. The van der Waals surface area contributed by atoms with Crippen molar-refractivity contribution in [1.82, 2.24) is 50.3 Å². The Morgan fingerprint density at radius 2 is 0.938 bits per heavy atom. The monoisotopic (exact) mass is 1070 g/mol. The summed E-state index contributed by atoms with van der Waals surface area (Å²) in [6.07, 6.45) is 17.0. The van der Waals surface area contributed by atoms with E-state index in [-0.39, 0.29) is 12.1 Å². The highest BCUT2D eigenvalue weighted by Crippen LogP contribution is 2.44. The van der Waals surface area contributed by atoms with Crippen LogP contribution in [0.3, 0.4) is 0 Å². The van der Waals surface area contributed by atoms with Gasteiger partial charge >= 0.3 is 0 Å². The normalized spacial score (nSPS) is 19.7. The molecular weight excluding hydrogens is 1000 g/mol. The lowest BCUT2D eigenvalue weighted by Gasteiger charge is -2.40. The van der Waals surface area contributed by atoms with Crippen molar-refractivity contribution in [2.45, 2.75) is 107 Å². The van der Waals surface area contributed by atoms with Crippen LogP contribution in [0.1, 0.15) is 147 Å². The van der Waals surface area contributed by atoms with E-state index in [0.717, 1.165) is 114 Å². The van der Waals surface area contributed by atoms with Gasteiger partial charge in [-0.3, -0.25) is 35.0 Å². The van der Waals surface area contributed by atoms with Gasteiger partial charge in [0.05, 0.1) is 24.3 Å². The van der Waals surface area contributed by atoms with Gasteiger partial charge in [-0.15, -0.1) is 0 Å². The number of nitrogens with one attached hydrogen (secondary N) is 3. The van der Waals surface area contributed by atoms with E-state index in [1.807, 2.05) is 24.4 Å². The van der Waals surface area contributed by atoms with Gasteiger partial charge in [0.2, 0.25) is 0 Å². The lowest BCUT2D eigenvalue weighted by Crippen LogP contribution is -2.36. The van der Waals surface area contributed by atoms with Crippen LogP contribution in [-0.4, -0.2) is 76.5 Å². The molecular formula is C69H71ClN10. The average Bonchev–Trinajstić information content (AvgIpc) is 4.37. The molecule has 3 N–H and O–H groups in total. The van der Waals surface area contributed by atoms with Crippen LogP contribution in [0.15, 0.2) is 189 Å². The predicted octanol–water partition coefficient (Wildman–Crippen LogP) is 14.5. The molecule has 0 saturated carbocycles. The molecule has 404 valence electrons. The summed E-state index contributed by atoms with van der Waals surface area (Å²) in [6.45, 7) is 6.76. The van der Waals surface area contributed by atoms with Crippen LogP contribution in [0.5, 0.6) is 0 Å². The Hall–Kier alpha value is -7.47. The van der Waals surface area contributed by atoms with Crippen LogP contribution < -0.4 is 0 Å². The summed E-state index contributed by atoms with van der Waals surface area (Å²) in [6, 6.07) is 60.5. The largest absolute Gasteiger partial charge is 0.297 e. The van der Waals surface area contributed by atoms with E-state index in [9.17, 15) is 0 Å². The fraction of sp³-hybridized carbons (Fsp3) is 0.304. The number of nitrogens with zero attached hydrogens (tertiary/aromatic N) is 7. The summed E-state index contributed by atoms with van der Waals surface area (Å²) in [4.78, 5) is 12.5. The molecule has 4 aromatic heterocycles. The fourth-order valence-electron chi connectivity index (χ4n) is 13.6. The number of hydrogen-bond donors (Lipinski definition) is 3.